The molecule has 0 radical (unpaired) electrons. The molecule has 19 heavy (non-hydrogen) atoms. The van der Waals surface area contributed by atoms with Crippen molar-refractivity contribution in [2.75, 3.05) is 17.5 Å². The predicted octanol–water partition coefficient (Wildman–Crippen LogP) is 2.99. The van der Waals surface area contributed by atoms with E-state index in [0.29, 0.717) is 28.9 Å². The number of anilines is 1. The van der Waals surface area contributed by atoms with Gasteiger partial charge in [0.05, 0.1) is 16.6 Å². The number of sulfonamides is 1. The molecule has 0 saturated carbocycles. The Morgan fingerprint density at radius 2 is 2.00 bits per heavy atom. The van der Waals surface area contributed by atoms with E-state index >= 15 is 0 Å². The summed E-state index contributed by atoms with van der Waals surface area (Å²) < 4.78 is 32.7. The van der Waals surface area contributed by atoms with Crippen LogP contribution in [0.5, 0.6) is 5.75 Å². The van der Waals surface area contributed by atoms with Gasteiger partial charge < -0.3 is 4.74 Å². The number of para-hydroxylation sites is 2. The maximum atomic E-state index is 12.6. The van der Waals surface area contributed by atoms with Gasteiger partial charge in [-0.2, -0.15) is 0 Å². The highest BCUT2D eigenvalue weighted by Crippen LogP contribution is 2.37. The van der Waals surface area contributed by atoms with Crippen LogP contribution in [-0.4, -0.2) is 21.6 Å². The molecule has 1 aromatic carbocycles. The lowest BCUT2D eigenvalue weighted by Gasteiger charge is -2.29. The Labute approximate surface area is 120 Å². The van der Waals surface area contributed by atoms with Crippen molar-refractivity contribution in [3.63, 3.8) is 0 Å². The molecule has 0 N–H and O–H groups in total. The van der Waals surface area contributed by atoms with Gasteiger partial charge in [0.2, 0.25) is 0 Å². The Morgan fingerprint density at radius 1 is 1.21 bits per heavy atom. The summed E-state index contributed by atoms with van der Waals surface area (Å²) in [5.41, 5.74) is 0.568. The highest BCUT2D eigenvalue weighted by molar-refractivity contribution is 7.94. The summed E-state index contributed by atoms with van der Waals surface area (Å²) in [5.74, 6) is 0.583. The maximum Gasteiger partial charge on any atom is 0.274 e. The molecule has 0 spiro atoms. The van der Waals surface area contributed by atoms with Crippen molar-refractivity contribution in [2.24, 2.45) is 0 Å². The monoisotopic (exact) mass is 315 g/mol. The number of nitrogens with zero attached hydrogens (tertiary/aromatic N) is 1. The number of benzene rings is 1. The number of ether oxygens (including phenoxy) is 1. The summed E-state index contributed by atoms with van der Waals surface area (Å²) in [6.45, 7) is 0.643. The van der Waals surface area contributed by atoms with Crippen LogP contribution in [0.25, 0.3) is 0 Å². The third-order valence-electron chi connectivity index (χ3n) is 2.78. The minimum atomic E-state index is -3.57. The van der Waals surface area contributed by atoms with E-state index < -0.39 is 10.0 Å². The van der Waals surface area contributed by atoms with Crippen molar-refractivity contribution >= 4 is 38.6 Å². The zero-order valence-corrected chi connectivity index (χ0v) is 12.1. The van der Waals surface area contributed by atoms with Crippen LogP contribution in [0.15, 0.2) is 40.6 Å². The van der Waals surface area contributed by atoms with Gasteiger partial charge in [-0.1, -0.05) is 23.7 Å². The minimum Gasteiger partial charge on any atom is -0.489 e. The van der Waals surface area contributed by atoms with Crippen LogP contribution >= 0.6 is 22.9 Å². The largest absolute Gasteiger partial charge is 0.489 e. The van der Waals surface area contributed by atoms with Crippen molar-refractivity contribution in [3.05, 3.63) is 40.7 Å². The van der Waals surface area contributed by atoms with Crippen molar-refractivity contribution in [1.29, 1.82) is 0 Å². The van der Waals surface area contributed by atoms with Gasteiger partial charge in [0.25, 0.3) is 10.0 Å². The van der Waals surface area contributed by atoms with Gasteiger partial charge in [-0.15, -0.1) is 11.3 Å². The maximum absolute atomic E-state index is 12.6. The molecule has 0 atom stereocenters. The average Bonchev–Trinajstić information content (AvgIpc) is 2.85. The smallest absolute Gasteiger partial charge is 0.274 e. The van der Waals surface area contributed by atoms with Crippen LogP contribution < -0.4 is 9.04 Å². The van der Waals surface area contributed by atoms with E-state index in [-0.39, 0.29) is 4.21 Å². The minimum absolute atomic E-state index is 0.245. The molecule has 2 aromatic rings. The quantitative estimate of drug-likeness (QED) is 0.856. The fourth-order valence-corrected chi connectivity index (χ4v) is 5.00. The average molecular weight is 316 g/mol. The molecule has 0 fully saturated rings. The first-order chi connectivity index (χ1) is 9.09. The zero-order valence-electron chi connectivity index (χ0n) is 9.74. The van der Waals surface area contributed by atoms with Crippen LogP contribution in [0.4, 0.5) is 5.69 Å². The van der Waals surface area contributed by atoms with E-state index in [9.17, 15) is 8.42 Å². The SMILES string of the molecule is O=S(=O)(c1ccc(Cl)s1)N1CCOc2ccccc21. The molecule has 100 valence electrons. The molecule has 0 unspecified atom stereocenters. The van der Waals surface area contributed by atoms with Crippen LogP contribution in [-0.2, 0) is 10.0 Å². The molecule has 0 bridgehead atoms. The summed E-state index contributed by atoms with van der Waals surface area (Å²) in [5, 5.41) is 0. The first-order valence-electron chi connectivity index (χ1n) is 5.59. The molecule has 4 nitrogen and oxygen atoms in total. The fraction of sp³-hybridized carbons (Fsp3) is 0.167. The third kappa shape index (κ3) is 2.20. The van der Waals surface area contributed by atoms with E-state index in [1.54, 1.807) is 24.3 Å². The van der Waals surface area contributed by atoms with Gasteiger partial charge in [-0.05, 0) is 24.3 Å². The van der Waals surface area contributed by atoms with Crippen molar-refractivity contribution in [1.82, 2.24) is 0 Å². The number of hydrogen-bond acceptors (Lipinski definition) is 4. The summed E-state index contributed by atoms with van der Waals surface area (Å²) in [7, 11) is -3.57. The second kappa shape index (κ2) is 4.70. The zero-order chi connectivity index (χ0) is 13.5. The molecular weight excluding hydrogens is 306 g/mol. The van der Waals surface area contributed by atoms with E-state index in [1.165, 1.54) is 10.4 Å². The van der Waals surface area contributed by atoms with Crippen molar-refractivity contribution in [3.8, 4) is 5.75 Å². The van der Waals surface area contributed by atoms with Gasteiger partial charge in [0, 0.05) is 0 Å². The Bertz CT molecular complexity index is 711. The molecule has 7 heteroatoms. The Kier molecular flexibility index (Phi) is 3.16. The molecule has 1 aromatic heterocycles. The van der Waals surface area contributed by atoms with Crippen molar-refractivity contribution in [2.45, 2.75) is 4.21 Å². The normalized spacial score (nSPS) is 14.9. The number of fused-ring (bicyclic) bond motifs is 1. The molecular formula is C12H10ClNO3S2. The number of hydrogen-bond donors (Lipinski definition) is 0. The second-order valence-corrected chi connectivity index (χ2v) is 7.76. The van der Waals surface area contributed by atoms with Gasteiger partial charge in [-0.25, -0.2) is 8.42 Å². The molecule has 2 heterocycles. The predicted molar refractivity (Wildman–Crippen MR) is 75.8 cm³/mol. The Morgan fingerprint density at radius 3 is 2.74 bits per heavy atom. The third-order valence-corrected chi connectivity index (χ3v) is 6.29. The van der Waals surface area contributed by atoms with Gasteiger partial charge in [0.15, 0.2) is 0 Å². The second-order valence-electron chi connectivity index (χ2n) is 3.95. The van der Waals surface area contributed by atoms with Crippen LogP contribution in [0, 0.1) is 0 Å². The van der Waals surface area contributed by atoms with E-state index in [1.807, 2.05) is 6.07 Å². The van der Waals surface area contributed by atoms with Crippen LogP contribution in [0.2, 0.25) is 4.34 Å². The first kappa shape index (κ1) is 12.8. The molecule has 3 rings (SSSR count). The summed E-state index contributed by atoms with van der Waals surface area (Å²) >= 11 is 6.87. The van der Waals surface area contributed by atoms with E-state index in [4.69, 9.17) is 16.3 Å². The van der Waals surface area contributed by atoms with Crippen LogP contribution in [0.3, 0.4) is 0 Å². The lowest BCUT2D eigenvalue weighted by Crippen LogP contribution is -2.37. The highest BCUT2D eigenvalue weighted by atomic mass is 35.5. The lowest BCUT2D eigenvalue weighted by molar-refractivity contribution is 0.316. The molecule has 1 aliphatic heterocycles. The molecule has 1 aliphatic rings. The van der Waals surface area contributed by atoms with Gasteiger partial charge >= 0.3 is 0 Å². The summed E-state index contributed by atoms with van der Waals surface area (Å²) in [4.78, 5) is 0. The van der Waals surface area contributed by atoms with Gasteiger partial charge in [-0.3, -0.25) is 4.31 Å². The summed E-state index contributed by atoms with van der Waals surface area (Å²) in [6.07, 6.45) is 0. The number of rotatable bonds is 2. The number of thiophene rings is 1. The van der Waals surface area contributed by atoms with E-state index in [2.05, 4.69) is 0 Å². The number of halogens is 1. The van der Waals surface area contributed by atoms with E-state index in [0.717, 1.165) is 11.3 Å². The van der Waals surface area contributed by atoms with Gasteiger partial charge in [0.1, 0.15) is 16.6 Å². The standard InChI is InChI=1S/C12H10ClNO3S2/c13-11-5-6-12(18-11)19(15,16)14-7-8-17-10-4-2-1-3-9(10)14/h1-6H,7-8H2. The molecule has 0 aliphatic carbocycles. The topological polar surface area (TPSA) is 46.6 Å². The molecule has 0 saturated heterocycles. The lowest BCUT2D eigenvalue weighted by atomic mass is 10.2. The Hall–Kier alpha value is -1.24. The van der Waals surface area contributed by atoms with Crippen molar-refractivity contribution < 1.29 is 13.2 Å². The summed E-state index contributed by atoms with van der Waals surface area (Å²) in [6, 6.07) is 10.2. The Balaban J connectivity index is 2.08. The highest BCUT2D eigenvalue weighted by Gasteiger charge is 2.30. The van der Waals surface area contributed by atoms with Crippen LogP contribution in [0.1, 0.15) is 0 Å². The fourth-order valence-electron chi connectivity index (χ4n) is 1.94. The first-order valence-corrected chi connectivity index (χ1v) is 8.22. The molecule has 0 amide bonds.